The van der Waals surface area contributed by atoms with Crippen LogP contribution < -0.4 is 0 Å². The summed E-state index contributed by atoms with van der Waals surface area (Å²) in [5.74, 6) is 0. The largest absolute Gasteiger partial charge is 0.260 e. The van der Waals surface area contributed by atoms with E-state index in [1.165, 1.54) is 24.8 Å². The third-order valence-corrected chi connectivity index (χ3v) is 2.21. The van der Waals surface area contributed by atoms with Crippen LogP contribution in [0.25, 0.3) is 0 Å². The standard InChI is InChI=1S/C9H11N3.C5H3N3/c1-9(2,3)8-6-11-7(4-10)5-12-8;6-3-5-4-7-1-2-8-5/h5-6H,1-3H3;1-2,4H. The van der Waals surface area contributed by atoms with E-state index in [1.807, 2.05) is 12.1 Å². The molecule has 0 N–H and O–H groups in total. The summed E-state index contributed by atoms with van der Waals surface area (Å²) in [5.41, 5.74) is 1.62. The van der Waals surface area contributed by atoms with Gasteiger partial charge in [-0.05, 0) is 0 Å². The lowest BCUT2D eigenvalue weighted by Crippen LogP contribution is -2.13. The van der Waals surface area contributed by atoms with Crippen molar-refractivity contribution in [1.29, 1.82) is 10.5 Å². The summed E-state index contributed by atoms with van der Waals surface area (Å²) in [7, 11) is 0. The van der Waals surface area contributed by atoms with E-state index >= 15 is 0 Å². The van der Waals surface area contributed by atoms with Crippen molar-refractivity contribution in [3.63, 3.8) is 0 Å². The Kier molecular flexibility index (Phi) is 5.25. The van der Waals surface area contributed by atoms with Gasteiger partial charge in [0.1, 0.15) is 12.1 Å². The van der Waals surface area contributed by atoms with Crippen LogP contribution in [0.3, 0.4) is 0 Å². The van der Waals surface area contributed by atoms with Gasteiger partial charge in [-0.3, -0.25) is 9.97 Å². The van der Waals surface area contributed by atoms with Crippen molar-refractivity contribution in [3.05, 3.63) is 48.1 Å². The van der Waals surface area contributed by atoms with Crippen LogP contribution in [0.15, 0.2) is 31.0 Å². The van der Waals surface area contributed by atoms with Gasteiger partial charge in [0.2, 0.25) is 0 Å². The third-order valence-electron chi connectivity index (χ3n) is 2.21. The van der Waals surface area contributed by atoms with E-state index < -0.39 is 0 Å². The molecule has 0 atom stereocenters. The van der Waals surface area contributed by atoms with E-state index in [-0.39, 0.29) is 5.41 Å². The van der Waals surface area contributed by atoms with Crippen molar-refractivity contribution < 1.29 is 0 Å². The smallest absolute Gasteiger partial charge is 0.158 e. The van der Waals surface area contributed by atoms with Gasteiger partial charge in [0.15, 0.2) is 11.4 Å². The fraction of sp³-hybridized carbons (Fsp3) is 0.286. The van der Waals surface area contributed by atoms with E-state index in [4.69, 9.17) is 10.5 Å². The molecule has 0 amide bonds. The van der Waals surface area contributed by atoms with E-state index in [9.17, 15) is 0 Å². The second kappa shape index (κ2) is 6.91. The predicted octanol–water partition coefficient (Wildman–Crippen LogP) is 1.99. The zero-order valence-corrected chi connectivity index (χ0v) is 11.6. The van der Waals surface area contributed by atoms with Crippen molar-refractivity contribution >= 4 is 0 Å². The van der Waals surface area contributed by atoms with E-state index in [2.05, 4.69) is 40.7 Å². The number of hydrogen-bond donors (Lipinski definition) is 0. The monoisotopic (exact) mass is 266 g/mol. The lowest BCUT2D eigenvalue weighted by Gasteiger charge is -2.16. The van der Waals surface area contributed by atoms with Crippen LogP contribution in [-0.2, 0) is 5.41 Å². The number of aromatic nitrogens is 4. The molecule has 0 fully saturated rings. The molecule has 0 unspecified atom stereocenters. The Bertz CT molecular complexity index is 614. The minimum absolute atomic E-state index is 0.000978. The molecule has 0 radical (unpaired) electrons. The van der Waals surface area contributed by atoms with Crippen LogP contribution in [-0.4, -0.2) is 19.9 Å². The van der Waals surface area contributed by atoms with E-state index in [0.29, 0.717) is 11.4 Å². The van der Waals surface area contributed by atoms with Crippen LogP contribution >= 0.6 is 0 Å². The molecule has 2 rings (SSSR count). The summed E-state index contributed by atoms with van der Waals surface area (Å²) in [6.45, 7) is 6.18. The molecule has 0 saturated carbocycles. The molecule has 0 aliphatic heterocycles. The Morgan fingerprint density at radius 1 is 0.850 bits per heavy atom. The van der Waals surface area contributed by atoms with Crippen LogP contribution in [0.2, 0.25) is 0 Å². The van der Waals surface area contributed by atoms with Crippen LogP contribution in [0.1, 0.15) is 37.9 Å². The van der Waals surface area contributed by atoms with Crippen LogP contribution in [0.4, 0.5) is 0 Å². The molecule has 0 bridgehead atoms. The van der Waals surface area contributed by atoms with Crippen molar-refractivity contribution in [2.45, 2.75) is 26.2 Å². The molecule has 6 heteroatoms. The van der Waals surface area contributed by atoms with Crippen LogP contribution in [0, 0.1) is 22.7 Å². The van der Waals surface area contributed by atoms with Gasteiger partial charge in [-0.25, -0.2) is 9.97 Å². The molecule has 0 saturated heterocycles. The first-order valence-electron chi connectivity index (χ1n) is 5.86. The quantitative estimate of drug-likeness (QED) is 0.723. The zero-order chi connectivity index (χ0) is 15.0. The third kappa shape index (κ3) is 4.79. The molecule has 0 spiro atoms. The van der Waals surface area contributed by atoms with Gasteiger partial charge in [-0.2, -0.15) is 10.5 Å². The number of nitriles is 2. The highest BCUT2D eigenvalue weighted by Gasteiger charge is 2.15. The average molecular weight is 266 g/mol. The SMILES string of the molecule is CC(C)(C)c1cnc(C#N)cn1.N#Cc1cnccn1. The predicted molar refractivity (Wildman–Crippen MR) is 72.2 cm³/mol. The van der Waals surface area contributed by atoms with E-state index in [1.54, 1.807) is 6.20 Å². The van der Waals surface area contributed by atoms with Gasteiger partial charge >= 0.3 is 0 Å². The Labute approximate surface area is 117 Å². The lowest BCUT2D eigenvalue weighted by molar-refractivity contribution is 0.565. The maximum Gasteiger partial charge on any atom is 0.158 e. The first-order valence-corrected chi connectivity index (χ1v) is 5.86. The number of rotatable bonds is 0. The number of nitrogens with zero attached hydrogens (tertiary/aromatic N) is 6. The number of hydrogen-bond acceptors (Lipinski definition) is 6. The van der Waals surface area contributed by atoms with Gasteiger partial charge in [-0.1, -0.05) is 20.8 Å². The lowest BCUT2D eigenvalue weighted by atomic mass is 9.93. The molecule has 100 valence electrons. The maximum atomic E-state index is 8.48. The highest BCUT2D eigenvalue weighted by molar-refractivity contribution is 5.19. The molecule has 2 heterocycles. The molecule has 6 nitrogen and oxygen atoms in total. The summed E-state index contributed by atoms with van der Waals surface area (Å²) in [5, 5.41) is 16.7. The Morgan fingerprint density at radius 3 is 1.85 bits per heavy atom. The second-order valence-electron chi connectivity index (χ2n) is 4.85. The van der Waals surface area contributed by atoms with Crippen molar-refractivity contribution in [3.8, 4) is 12.1 Å². The summed E-state index contributed by atoms with van der Waals surface area (Å²) < 4.78 is 0. The highest BCUT2D eigenvalue weighted by Crippen LogP contribution is 2.18. The topological polar surface area (TPSA) is 99.1 Å². The van der Waals surface area contributed by atoms with E-state index in [0.717, 1.165) is 5.69 Å². The van der Waals surface area contributed by atoms with Crippen molar-refractivity contribution in [1.82, 2.24) is 19.9 Å². The van der Waals surface area contributed by atoms with Crippen molar-refractivity contribution in [2.75, 3.05) is 0 Å². The van der Waals surface area contributed by atoms with Crippen molar-refractivity contribution in [2.24, 2.45) is 0 Å². The summed E-state index contributed by atoms with van der Waals surface area (Å²) in [6, 6.07) is 3.79. The van der Waals surface area contributed by atoms with Gasteiger partial charge in [0.05, 0.1) is 24.3 Å². The van der Waals surface area contributed by atoms with Gasteiger partial charge in [0, 0.05) is 17.8 Å². The Hall–Kier alpha value is -2.86. The molecule has 0 aliphatic rings. The molecular weight excluding hydrogens is 252 g/mol. The fourth-order valence-corrected chi connectivity index (χ4v) is 1.13. The molecule has 2 aromatic heterocycles. The normalized spacial score (nSPS) is 9.65. The molecule has 0 aliphatic carbocycles. The second-order valence-corrected chi connectivity index (χ2v) is 4.85. The molecular formula is C14H14N6. The first-order chi connectivity index (χ1) is 9.47. The highest BCUT2D eigenvalue weighted by atomic mass is 14.8. The first kappa shape index (κ1) is 15.2. The Balaban J connectivity index is 0.000000217. The van der Waals surface area contributed by atoms with Gasteiger partial charge in [0.25, 0.3) is 0 Å². The molecule has 0 aromatic carbocycles. The fourth-order valence-electron chi connectivity index (χ4n) is 1.13. The molecule has 2 aromatic rings. The minimum Gasteiger partial charge on any atom is -0.260 e. The Morgan fingerprint density at radius 2 is 1.50 bits per heavy atom. The average Bonchev–Trinajstić information content (AvgIpc) is 2.48. The summed E-state index contributed by atoms with van der Waals surface area (Å²) in [6.07, 6.45) is 7.58. The van der Waals surface area contributed by atoms with Crippen LogP contribution in [0.5, 0.6) is 0 Å². The van der Waals surface area contributed by atoms with Gasteiger partial charge in [-0.15, -0.1) is 0 Å². The molecule has 20 heavy (non-hydrogen) atoms. The summed E-state index contributed by atoms with van der Waals surface area (Å²) in [4.78, 5) is 15.4. The maximum absolute atomic E-state index is 8.48. The summed E-state index contributed by atoms with van der Waals surface area (Å²) >= 11 is 0. The minimum atomic E-state index is 0.000978. The zero-order valence-electron chi connectivity index (χ0n) is 11.6. The van der Waals surface area contributed by atoms with Gasteiger partial charge < -0.3 is 0 Å².